The molecule has 4 heterocycles. The van der Waals surface area contributed by atoms with Crippen LogP contribution in [-0.2, 0) is 9.59 Å². The Morgan fingerprint density at radius 2 is 1.96 bits per heavy atom. The van der Waals surface area contributed by atoms with Gasteiger partial charge in [0.05, 0.1) is 6.33 Å². The van der Waals surface area contributed by atoms with Crippen LogP contribution < -0.4 is 4.90 Å². The summed E-state index contributed by atoms with van der Waals surface area (Å²) >= 11 is 0. The summed E-state index contributed by atoms with van der Waals surface area (Å²) in [4.78, 5) is 44.0. The van der Waals surface area contributed by atoms with Crippen molar-refractivity contribution in [2.45, 2.75) is 38.1 Å². The lowest BCUT2D eigenvalue weighted by Crippen LogP contribution is -2.43. The van der Waals surface area contributed by atoms with Crippen LogP contribution in [0, 0.1) is 11.3 Å². The second-order valence-electron chi connectivity index (χ2n) is 8.08. The number of fused-ring (bicyclic) bond motifs is 1. The number of amides is 1. The number of anilines is 1. The van der Waals surface area contributed by atoms with Crippen LogP contribution in [0.2, 0.25) is 0 Å². The van der Waals surface area contributed by atoms with Crippen molar-refractivity contribution in [1.29, 1.82) is 0 Å². The number of nitrogens with one attached hydrogen (secondary N) is 1. The highest BCUT2D eigenvalue weighted by molar-refractivity contribution is 5.87. The number of hydrogen-bond donors (Lipinski definition) is 2. The van der Waals surface area contributed by atoms with E-state index in [0.717, 1.165) is 50.1 Å². The minimum atomic E-state index is -0.877. The molecule has 2 aromatic heterocycles. The molecule has 1 aliphatic carbocycles. The van der Waals surface area contributed by atoms with Crippen molar-refractivity contribution in [2.24, 2.45) is 11.3 Å². The zero-order valence-electron chi connectivity index (χ0n) is 15.0. The van der Waals surface area contributed by atoms with Crippen molar-refractivity contribution in [3.05, 3.63) is 12.7 Å². The fraction of sp³-hybridized carbons (Fsp3) is 0.611. The molecule has 9 heteroatoms. The van der Waals surface area contributed by atoms with Gasteiger partial charge in [-0.15, -0.1) is 0 Å². The predicted octanol–water partition coefficient (Wildman–Crippen LogP) is 1.03. The van der Waals surface area contributed by atoms with E-state index >= 15 is 0 Å². The number of carboxylic acids is 1. The summed E-state index contributed by atoms with van der Waals surface area (Å²) in [5, 5.41) is 9.64. The Labute approximate surface area is 155 Å². The van der Waals surface area contributed by atoms with E-state index in [1.165, 1.54) is 6.33 Å². The number of H-pyrrole nitrogens is 1. The Morgan fingerprint density at radius 3 is 2.67 bits per heavy atom. The average Bonchev–Trinajstić information content (AvgIpc) is 3.29. The molecule has 3 fully saturated rings. The molecular weight excluding hydrogens is 348 g/mol. The molecule has 2 saturated heterocycles. The number of carbonyl (C=O) groups excluding carboxylic acids is 1. The molecule has 5 rings (SSSR count). The van der Waals surface area contributed by atoms with Gasteiger partial charge in [-0.2, -0.15) is 0 Å². The fourth-order valence-electron chi connectivity index (χ4n) is 4.62. The first-order chi connectivity index (χ1) is 13.1. The number of carboxylic acid groups (broad SMARTS) is 1. The minimum Gasteiger partial charge on any atom is -0.480 e. The van der Waals surface area contributed by atoms with E-state index in [1.807, 2.05) is 0 Å². The second-order valence-corrected chi connectivity index (χ2v) is 8.08. The van der Waals surface area contributed by atoms with E-state index in [1.54, 1.807) is 11.2 Å². The maximum Gasteiger partial charge on any atom is 0.326 e. The molecule has 2 N–H and O–H groups in total. The minimum absolute atomic E-state index is 0.0386. The number of hydrogen-bond acceptors (Lipinski definition) is 6. The van der Waals surface area contributed by atoms with Crippen LogP contribution in [0.4, 0.5) is 5.82 Å². The topological polar surface area (TPSA) is 115 Å². The summed E-state index contributed by atoms with van der Waals surface area (Å²) in [6, 6.07) is -0.678. The largest absolute Gasteiger partial charge is 0.480 e. The standard InChI is InChI=1S/C18H22N6O3/c25-16(11-1-2-11)24-8-18(7-12(24)17(26)27)3-5-23(6-4-18)15-13-14(20-9-19-13)21-10-22-15/h9-12H,1-8H2,(H,26,27)(H,19,20,21,22)/t12-/m0/s1. The number of aliphatic carboxylic acids is 1. The van der Waals surface area contributed by atoms with E-state index in [2.05, 4.69) is 24.8 Å². The van der Waals surface area contributed by atoms with Gasteiger partial charge in [-0.25, -0.2) is 19.7 Å². The van der Waals surface area contributed by atoms with Crippen molar-refractivity contribution in [3.63, 3.8) is 0 Å². The first-order valence-electron chi connectivity index (χ1n) is 9.49. The van der Waals surface area contributed by atoms with Crippen molar-refractivity contribution in [3.8, 4) is 0 Å². The third-order valence-corrected chi connectivity index (χ3v) is 6.33. The summed E-state index contributed by atoms with van der Waals surface area (Å²) in [6.07, 6.45) is 7.19. The Kier molecular flexibility index (Phi) is 3.60. The lowest BCUT2D eigenvalue weighted by Gasteiger charge is -2.39. The molecule has 1 saturated carbocycles. The molecule has 0 bridgehead atoms. The van der Waals surface area contributed by atoms with E-state index in [0.29, 0.717) is 18.6 Å². The van der Waals surface area contributed by atoms with E-state index in [-0.39, 0.29) is 17.2 Å². The quantitative estimate of drug-likeness (QED) is 0.829. The third-order valence-electron chi connectivity index (χ3n) is 6.33. The molecule has 2 aliphatic heterocycles. The third kappa shape index (κ3) is 2.72. The lowest BCUT2D eigenvalue weighted by atomic mass is 9.76. The molecule has 27 heavy (non-hydrogen) atoms. The van der Waals surface area contributed by atoms with Crippen LogP contribution in [-0.4, -0.2) is 67.5 Å². The van der Waals surface area contributed by atoms with Gasteiger partial charge in [-0.3, -0.25) is 4.79 Å². The summed E-state index contributed by atoms with van der Waals surface area (Å²) < 4.78 is 0. The number of likely N-dealkylation sites (tertiary alicyclic amines) is 1. The first kappa shape index (κ1) is 16.5. The number of nitrogens with zero attached hydrogens (tertiary/aromatic N) is 5. The van der Waals surface area contributed by atoms with E-state index < -0.39 is 12.0 Å². The zero-order valence-corrected chi connectivity index (χ0v) is 15.0. The Morgan fingerprint density at radius 1 is 1.19 bits per heavy atom. The summed E-state index contributed by atoms with van der Waals surface area (Å²) in [6.45, 7) is 2.13. The molecule has 1 spiro atoms. The molecule has 0 aromatic carbocycles. The van der Waals surface area contributed by atoms with Gasteiger partial charge in [0.1, 0.15) is 17.9 Å². The molecule has 1 atom stereocenters. The zero-order chi connectivity index (χ0) is 18.6. The van der Waals surface area contributed by atoms with Gasteiger partial charge in [-0.1, -0.05) is 0 Å². The van der Waals surface area contributed by atoms with Crippen LogP contribution in [0.25, 0.3) is 11.2 Å². The summed E-state index contributed by atoms with van der Waals surface area (Å²) in [5.74, 6) is 0.0535. The normalized spacial score (nSPS) is 24.7. The van der Waals surface area contributed by atoms with Crippen LogP contribution >= 0.6 is 0 Å². The summed E-state index contributed by atoms with van der Waals surface area (Å²) in [5.41, 5.74) is 1.37. The number of rotatable bonds is 3. The lowest BCUT2D eigenvalue weighted by molar-refractivity contribution is -0.148. The van der Waals surface area contributed by atoms with Crippen molar-refractivity contribution >= 4 is 28.9 Å². The van der Waals surface area contributed by atoms with Gasteiger partial charge >= 0.3 is 5.97 Å². The maximum absolute atomic E-state index is 12.6. The van der Waals surface area contributed by atoms with Gasteiger partial charge in [-0.05, 0) is 37.5 Å². The highest BCUT2D eigenvalue weighted by Gasteiger charge is 2.51. The molecule has 1 amide bonds. The Bertz CT molecular complexity index is 899. The van der Waals surface area contributed by atoms with Gasteiger partial charge < -0.3 is 19.9 Å². The summed E-state index contributed by atoms with van der Waals surface area (Å²) in [7, 11) is 0. The monoisotopic (exact) mass is 370 g/mol. The number of aromatic amines is 1. The van der Waals surface area contributed by atoms with Gasteiger partial charge in [0, 0.05) is 25.6 Å². The first-order valence-corrected chi connectivity index (χ1v) is 9.49. The maximum atomic E-state index is 12.6. The molecule has 3 aliphatic rings. The predicted molar refractivity (Wildman–Crippen MR) is 96.0 cm³/mol. The molecule has 2 aromatic rings. The highest BCUT2D eigenvalue weighted by atomic mass is 16.4. The molecule has 0 radical (unpaired) electrons. The second kappa shape index (κ2) is 5.90. The SMILES string of the molecule is O=C(O)[C@@H]1CC2(CCN(c3ncnc4nc[nH]c34)CC2)CN1C(=O)C1CC1. The number of piperidine rings is 1. The van der Waals surface area contributed by atoms with Crippen LogP contribution in [0.15, 0.2) is 12.7 Å². The fourth-order valence-corrected chi connectivity index (χ4v) is 4.62. The molecule has 142 valence electrons. The van der Waals surface area contributed by atoms with Crippen LogP contribution in [0.1, 0.15) is 32.1 Å². The smallest absolute Gasteiger partial charge is 0.326 e. The average molecular weight is 370 g/mol. The van der Waals surface area contributed by atoms with Crippen molar-refractivity contribution < 1.29 is 14.7 Å². The van der Waals surface area contributed by atoms with Gasteiger partial charge in [0.2, 0.25) is 5.91 Å². The highest BCUT2D eigenvalue weighted by Crippen LogP contribution is 2.46. The van der Waals surface area contributed by atoms with Gasteiger partial charge in [0.15, 0.2) is 11.5 Å². The van der Waals surface area contributed by atoms with E-state index in [9.17, 15) is 14.7 Å². The van der Waals surface area contributed by atoms with Crippen molar-refractivity contribution in [1.82, 2.24) is 24.8 Å². The van der Waals surface area contributed by atoms with E-state index in [4.69, 9.17) is 0 Å². The Balaban J connectivity index is 1.34. The van der Waals surface area contributed by atoms with Crippen LogP contribution in [0.5, 0.6) is 0 Å². The molecule has 0 unspecified atom stereocenters. The number of aromatic nitrogens is 4. The molecular formula is C18H22N6O3. The number of carbonyl (C=O) groups is 2. The number of imidazole rings is 1. The van der Waals surface area contributed by atoms with Crippen molar-refractivity contribution in [2.75, 3.05) is 24.5 Å². The van der Waals surface area contributed by atoms with Crippen LogP contribution in [0.3, 0.4) is 0 Å². The molecule has 9 nitrogen and oxygen atoms in total. The Hall–Kier alpha value is -2.71. The van der Waals surface area contributed by atoms with Gasteiger partial charge in [0.25, 0.3) is 0 Å².